The molecule has 0 aliphatic carbocycles. The first-order valence-electron chi connectivity index (χ1n) is 8.50. The Balaban J connectivity index is 1.66. The van der Waals surface area contributed by atoms with Crippen LogP contribution < -0.4 is 4.74 Å². The van der Waals surface area contributed by atoms with E-state index >= 15 is 0 Å². The summed E-state index contributed by atoms with van der Waals surface area (Å²) in [4.78, 5) is 15.8. The molecule has 0 saturated carbocycles. The largest absolute Gasteiger partial charge is 0.492 e. The molecule has 0 amide bonds. The number of rotatable bonds is 9. The van der Waals surface area contributed by atoms with Gasteiger partial charge < -0.3 is 4.74 Å². The van der Waals surface area contributed by atoms with E-state index in [1.54, 1.807) is 30.2 Å². The quantitative estimate of drug-likeness (QED) is 0.243. The zero-order valence-corrected chi connectivity index (χ0v) is 15.9. The average Bonchev–Trinajstić information content (AvgIpc) is 3.09. The number of ether oxygens (including phenoxy) is 1. The van der Waals surface area contributed by atoms with Gasteiger partial charge in [-0.15, -0.1) is 16.8 Å². The Morgan fingerprint density at radius 3 is 2.85 bits per heavy atom. The van der Waals surface area contributed by atoms with E-state index in [4.69, 9.17) is 4.74 Å². The normalized spacial score (nSPS) is 10.6. The predicted molar refractivity (Wildman–Crippen MR) is 106 cm³/mol. The van der Waals surface area contributed by atoms with Crippen LogP contribution in [0.1, 0.15) is 17.3 Å². The molecule has 27 heavy (non-hydrogen) atoms. The molecule has 0 aliphatic heterocycles. The van der Waals surface area contributed by atoms with E-state index in [9.17, 15) is 4.79 Å². The topological polar surface area (TPSA) is 69.9 Å². The highest BCUT2D eigenvalue weighted by Crippen LogP contribution is 2.24. The maximum atomic E-state index is 11.7. The minimum atomic E-state index is -0.00917. The molecule has 2 heterocycles. The second-order valence-corrected chi connectivity index (χ2v) is 6.76. The zero-order chi connectivity index (χ0) is 19.1. The number of aromatic nitrogens is 4. The van der Waals surface area contributed by atoms with Gasteiger partial charge in [0.2, 0.25) is 0 Å². The fraction of sp³-hybridized carbons (Fsp3) is 0.200. The van der Waals surface area contributed by atoms with Crippen molar-refractivity contribution in [3.05, 3.63) is 67.0 Å². The average molecular weight is 380 g/mol. The lowest BCUT2D eigenvalue weighted by atomic mass is 10.1. The van der Waals surface area contributed by atoms with E-state index in [-0.39, 0.29) is 5.78 Å². The molecule has 3 rings (SSSR count). The Morgan fingerprint density at radius 1 is 1.26 bits per heavy atom. The molecule has 6 nitrogen and oxygen atoms in total. The number of hydrogen-bond acceptors (Lipinski definition) is 6. The van der Waals surface area contributed by atoms with Gasteiger partial charge in [-0.05, 0) is 31.2 Å². The van der Waals surface area contributed by atoms with Crippen LogP contribution in [-0.4, -0.2) is 37.9 Å². The molecular formula is C20H20N4O2S. The van der Waals surface area contributed by atoms with Gasteiger partial charge in [0.25, 0.3) is 0 Å². The lowest BCUT2D eigenvalue weighted by molar-refractivity contribution is 0.101. The van der Waals surface area contributed by atoms with Crippen molar-refractivity contribution < 1.29 is 9.53 Å². The molecule has 0 unspecified atom stereocenters. The fourth-order valence-electron chi connectivity index (χ4n) is 2.57. The Morgan fingerprint density at radius 2 is 2.11 bits per heavy atom. The molecule has 0 fully saturated rings. The van der Waals surface area contributed by atoms with Gasteiger partial charge >= 0.3 is 0 Å². The van der Waals surface area contributed by atoms with E-state index in [2.05, 4.69) is 21.8 Å². The van der Waals surface area contributed by atoms with Gasteiger partial charge in [0.05, 0.1) is 12.2 Å². The van der Waals surface area contributed by atoms with Gasteiger partial charge in [-0.3, -0.25) is 14.3 Å². The van der Waals surface area contributed by atoms with Crippen molar-refractivity contribution in [2.45, 2.75) is 18.6 Å². The van der Waals surface area contributed by atoms with Crippen LogP contribution in [-0.2, 0) is 6.54 Å². The number of hydrogen-bond donors (Lipinski definition) is 0. The SMILES string of the molecule is C=CCn1c(SCCOc2ccccc2C(C)=O)nnc1-c1cccnc1. The highest BCUT2D eigenvalue weighted by atomic mass is 32.2. The number of para-hydroxylation sites is 1. The monoisotopic (exact) mass is 380 g/mol. The van der Waals surface area contributed by atoms with Crippen molar-refractivity contribution in [2.24, 2.45) is 0 Å². The summed E-state index contributed by atoms with van der Waals surface area (Å²) in [5.74, 6) is 2.03. The third kappa shape index (κ3) is 4.62. The Labute approximate surface area is 162 Å². The third-order valence-corrected chi connectivity index (χ3v) is 4.72. The van der Waals surface area contributed by atoms with Gasteiger partial charge in [-0.2, -0.15) is 0 Å². The Kier molecular flexibility index (Phi) is 6.38. The van der Waals surface area contributed by atoms with Gasteiger partial charge in [-0.25, -0.2) is 0 Å². The number of benzene rings is 1. The minimum Gasteiger partial charge on any atom is -0.492 e. The van der Waals surface area contributed by atoms with E-state index in [1.807, 2.05) is 41.0 Å². The Bertz CT molecular complexity index is 925. The van der Waals surface area contributed by atoms with Crippen LogP contribution in [0.15, 0.2) is 66.6 Å². The molecular weight excluding hydrogens is 360 g/mol. The van der Waals surface area contributed by atoms with E-state index in [1.165, 1.54) is 6.92 Å². The second kappa shape index (κ2) is 9.14. The summed E-state index contributed by atoms with van der Waals surface area (Å²) in [6.45, 7) is 6.41. The standard InChI is InChI=1S/C20H20N4O2S/c1-3-11-24-19(16-7-6-10-21-14-16)22-23-20(24)27-13-12-26-18-9-5-4-8-17(18)15(2)25/h3-10,14H,1,11-13H2,2H3. The van der Waals surface area contributed by atoms with E-state index in [0.29, 0.717) is 30.2 Å². The fourth-order valence-corrected chi connectivity index (χ4v) is 3.33. The van der Waals surface area contributed by atoms with Crippen LogP contribution in [0.2, 0.25) is 0 Å². The summed E-state index contributed by atoms with van der Waals surface area (Å²) in [6.07, 6.45) is 5.30. The zero-order valence-electron chi connectivity index (χ0n) is 15.0. The maximum absolute atomic E-state index is 11.7. The van der Waals surface area contributed by atoms with Gasteiger partial charge in [0.1, 0.15) is 5.75 Å². The molecule has 3 aromatic rings. The summed E-state index contributed by atoms with van der Waals surface area (Å²) in [6, 6.07) is 11.1. The first kappa shape index (κ1) is 18.8. The maximum Gasteiger partial charge on any atom is 0.191 e. The lowest BCUT2D eigenvalue weighted by Gasteiger charge is -2.10. The summed E-state index contributed by atoms with van der Waals surface area (Å²) in [7, 11) is 0. The van der Waals surface area contributed by atoms with Gasteiger partial charge in [0.15, 0.2) is 16.8 Å². The molecule has 0 saturated heterocycles. The molecule has 0 spiro atoms. The summed E-state index contributed by atoms with van der Waals surface area (Å²) in [5.41, 5.74) is 1.50. The lowest BCUT2D eigenvalue weighted by Crippen LogP contribution is -2.06. The van der Waals surface area contributed by atoms with Crippen LogP contribution in [0.4, 0.5) is 0 Å². The number of ketones is 1. The first-order chi connectivity index (χ1) is 13.2. The van der Waals surface area contributed by atoms with Crippen molar-refractivity contribution >= 4 is 17.5 Å². The van der Waals surface area contributed by atoms with Crippen LogP contribution in [0.5, 0.6) is 5.75 Å². The molecule has 0 atom stereocenters. The molecule has 1 aromatic carbocycles. The van der Waals surface area contributed by atoms with Gasteiger partial charge in [-0.1, -0.05) is 30.0 Å². The van der Waals surface area contributed by atoms with Crippen LogP contribution in [0.3, 0.4) is 0 Å². The molecule has 138 valence electrons. The molecule has 2 aromatic heterocycles. The first-order valence-corrected chi connectivity index (χ1v) is 9.49. The predicted octanol–water partition coefficient (Wildman–Crippen LogP) is 3.90. The number of allylic oxidation sites excluding steroid dienone is 1. The molecule has 0 aliphatic rings. The van der Waals surface area contributed by atoms with Crippen molar-refractivity contribution in [2.75, 3.05) is 12.4 Å². The molecule has 0 bridgehead atoms. The number of Topliss-reactive ketones (excluding diaryl/α,β-unsaturated/α-hetero) is 1. The molecule has 0 radical (unpaired) electrons. The smallest absolute Gasteiger partial charge is 0.191 e. The van der Waals surface area contributed by atoms with Crippen LogP contribution in [0, 0.1) is 0 Å². The molecule has 0 N–H and O–H groups in total. The summed E-state index contributed by atoms with van der Waals surface area (Å²) in [5, 5.41) is 9.38. The Hall–Kier alpha value is -2.93. The number of thioether (sulfide) groups is 1. The minimum absolute atomic E-state index is 0.00917. The highest BCUT2D eigenvalue weighted by Gasteiger charge is 2.14. The third-order valence-electron chi connectivity index (χ3n) is 3.79. The van der Waals surface area contributed by atoms with E-state index in [0.717, 1.165) is 16.5 Å². The summed E-state index contributed by atoms with van der Waals surface area (Å²) < 4.78 is 7.78. The van der Waals surface area contributed by atoms with E-state index < -0.39 is 0 Å². The number of carbonyl (C=O) groups excluding carboxylic acids is 1. The number of pyridine rings is 1. The van der Waals surface area contributed by atoms with Crippen molar-refractivity contribution in [1.29, 1.82) is 0 Å². The number of carbonyl (C=O) groups is 1. The number of nitrogens with zero attached hydrogens (tertiary/aromatic N) is 4. The summed E-state index contributed by atoms with van der Waals surface area (Å²) >= 11 is 1.55. The van der Waals surface area contributed by atoms with Crippen LogP contribution >= 0.6 is 11.8 Å². The van der Waals surface area contributed by atoms with Crippen molar-refractivity contribution in [3.63, 3.8) is 0 Å². The van der Waals surface area contributed by atoms with Crippen molar-refractivity contribution in [1.82, 2.24) is 19.7 Å². The van der Waals surface area contributed by atoms with Gasteiger partial charge in [0, 0.05) is 30.3 Å². The van der Waals surface area contributed by atoms with Crippen molar-refractivity contribution in [3.8, 4) is 17.1 Å². The molecule has 7 heteroatoms. The second-order valence-electron chi connectivity index (χ2n) is 5.70. The van der Waals surface area contributed by atoms with Crippen LogP contribution in [0.25, 0.3) is 11.4 Å². The highest BCUT2D eigenvalue weighted by molar-refractivity contribution is 7.99.